The van der Waals surface area contributed by atoms with E-state index in [0.717, 1.165) is 22.2 Å². The van der Waals surface area contributed by atoms with Crippen LogP contribution in [0.3, 0.4) is 0 Å². The van der Waals surface area contributed by atoms with E-state index in [1.54, 1.807) is 24.4 Å². The van der Waals surface area contributed by atoms with Crippen LogP contribution >= 0.6 is 11.6 Å². The number of halogens is 1. The summed E-state index contributed by atoms with van der Waals surface area (Å²) in [4.78, 5) is 8.82. The summed E-state index contributed by atoms with van der Waals surface area (Å²) in [5, 5.41) is 6.33. The van der Waals surface area contributed by atoms with Gasteiger partial charge in [-0.25, -0.2) is 9.50 Å². The number of benzene rings is 2. The monoisotopic (exact) mass is 386 g/mol. The predicted octanol–water partition coefficient (Wildman–Crippen LogP) is 5.31. The van der Waals surface area contributed by atoms with Crippen molar-refractivity contribution >= 4 is 28.2 Å². The zero-order chi connectivity index (χ0) is 18.9. The summed E-state index contributed by atoms with van der Waals surface area (Å²) in [7, 11) is 0. The van der Waals surface area contributed by atoms with E-state index in [1.165, 1.54) is 5.56 Å². The van der Waals surface area contributed by atoms with E-state index in [-0.39, 0.29) is 0 Å². The Morgan fingerprint density at radius 2 is 1.89 bits per heavy atom. The number of imidazole rings is 1. The summed E-state index contributed by atoms with van der Waals surface area (Å²) in [6.07, 6.45) is 4.36. The minimum absolute atomic E-state index is 0.483. The summed E-state index contributed by atoms with van der Waals surface area (Å²) in [6, 6.07) is 21.2. The third-order valence-electron chi connectivity index (χ3n) is 4.48. The van der Waals surface area contributed by atoms with Crippen LogP contribution in [0.2, 0.25) is 5.02 Å². The van der Waals surface area contributed by atoms with Crippen LogP contribution in [0.1, 0.15) is 11.3 Å². The molecule has 5 rings (SSSR count). The van der Waals surface area contributed by atoms with Crippen LogP contribution in [0.15, 0.2) is 79.1 Å². The van der Waals surface area contributed by atoms with Crippen molar-refractivity contribution in [1.82, 2.24) is 19.6 Å². The number of fused-ring (bicyclic) bond motifs is 2. The van der Waals surface area contributed by atoms with Gasteiger partial charge < -0.3 is 4.74 Å². The van der Waals surface area contributed by atoms with Crippen molar-refractivity contribution in [1.29, 1.82) is 0 Å². The molecule has 3 heterocycles. The highest BCUT2D eigenvalue weighted by Gasteiger charge is 2.09. The van der Waals surface area contributed by atoms with Crippen molar-refractivity contribution < 1.29 is 4.74 Å². The van der Waals surface area contributed by atoms with Crippen LogP contribution in [-0.4, -0.2) is 19.6 Å². The van der Waals surface area contributed by atoms with Crippen LogP contribution < -0.4 is 4.74 Å². The maximum atomic E-state index is 6.03. The molecule has 136 valence electrons. The van der Waals surface area contributed by atoms with Gasteiger partial charge in [-0.15, -0.1) is 5.10 Å². The van der Waals surface area contributed by atoms with Crippen molar-refractivity contribution in [2.45, 2.75) is 6.42 Å². The van der Waals surface area contributed by atoms with Gasteiger partial charge >= 0.3 is 0 Å². The van der Waals surface area contributed by atoms with Crippen molar-refractivity contribution in [3.8, 4) is 11.6 Å². The van der Waals surface area contributed by atoms with Gasteiger partial charge in [0.05, 0.1) is 17.4 Å². The Labute approximate surface area is 166 Å². The number of rotatable bonds is 4. The van der Waals surface area contributed by atoms with Gasteiger partial charge in [-0.3, -0.25) is 4.98 Å². The highest BCUT2D eigenvalue weighted by atomic mass is 35.5. The van der Waals surface area contributed by atoms with Gasteiger partial charge in [-0.05, 0) is 48.0 Å². The molecule has 5 aromatic rings. The smallest absolute Gasteiger partial charge is 0.237 e. The van der Waals surface area contributed by atoms with Crippen LogP contribution in [0.25, 0.3) is 16.6 Å². The Kier molecular flexibility index (Phi) is 4.14. The maximum Gasteiger partial charge on any atom is 0.237 e. The molecule has 0 saturated heterocycles. The molecule has 0 amide bonds. The molecule has 28 heavy (non-hydrogen) atoms. The first kappa shape index (κ1) is 16.7. The highest BCUT2D eigenvalue weighted by molar-refractivity contribution is 6.30. The summed E-state index contributed by atoms with van der Waals surface area (Å²) in [5.41, 5.74) is 3.91. The normalized spacial score (nSPS) is 11.2. The number of hydrogen-bond donors (Lipinski definition) is 0. The SMILES string of the molecule is Clc1cccc(Oc2ccc3ncc(Cc4ccc5ncccc5c4)n3n2)c1. The average molecular weight is 387 g/mol. The number of ether oxygens (including phenoxy) is 1. The molecule has 3 aromatic heterocycles. The number of aromatic nitrogens is 4. The predicted molar refractivity (Wildman–Crippen MR) is 109 cm³/mol. The Morgan fingerprint density at radius 3 is 2.82 bits per heavy atom. The minimum atomic E-state index is 0.483. The largest absolute Gasteiger partial charge is 0.438 e. The topological polar surface area (TPSA) is 52.3 Å². The van der Waals surface area contributed by atoms with Gasteiger partial charge in [-0.2, -0.15) is 0 Å². The van der Waals surface area contributed by atoms with Gasteiger partial charge in [0.2, 0.25) is 5.88 Å². The van der Waals surface area contributed by atoms with Gasteiger partial charge in [0.25, 0.3) is 0 Å². The van der Waals surface area contributed by atoms with Gasteiger partial charge in [-0.1, -0.05) is 29.8 Å². The molecule has 0 atom stereocenters. The second-order valence-corrected chi connectivity index (χ2v) is 6.89. The van der Waals surface area contributed by atoms with Crippen LogP contribution in [0, 0.1) is 0 Å². The van der Waals surface area contributed by atoms with E-state index in [0.29, 0.717) is 23.1 Å². The number of hydrogen-bond acceptors (Lipinski definition) is 4. The van der Waals surface area contributed by atoms with E-state index in [4.69, 9.17) is 16.3 Å². The zero-order valence-electron chi connectivity index (χ0n) is 14.8. The van der Waals surface area contributed by atoms with Gasteiger partial charge in [0, 0.05) is 29.1 Å². The molecule has 6 heteroatoms. The first-order chi connectivity index (χ1) is 13.7. The molecule has 0 fully saturated rings. The molecule has 0 unspecified atom stereocenters. The third kappa shape index (κ3) is 3.28. The van der Waals surface area contributed by atoms with E-state index >= 15 is 0 Å². The number of pyridine rings is 1. The Hall–Kier alpha value is -3.44. The van der Waals surface area contributed by atoms with E-state index in [9.17, 15) is 0 Å². The molecule has 0 aliphatic heterocycles. The van der Waals surface area contributed by atoms with Crippen molar-refractivity contribution in [3.63, 3.8) is 0 Å². The molecule has 0 radical (unpaired) electrons. The molecule has 5 nitrogen and oxygen atoms in total. The van der Waals surface area contributed by atoms with Gasteiger partial charge in [0.1, 0.15) is 5.75 Å². The zero-order valence-corrected chi connectivity index (χ0v) is 15.5. The summed E-state index contributed by atoms with van der Waals surface area (Å²) in [5.74, 6) is 1.12. The minimum Gasteiger partial charge on any atom is -0.438 e. The fraction of sp³-hybridized carbons (Fsp3) is 0.0455. The molecule has 0 bridgehead atoms. The van der Waals surface area contributed by atoms with Crippen molar-refractivity contribution in [3.05, 3.63) is 95.4 Å². The fourth-order valence-corrected chi connectivity index (χ4v) is 3.35. The van der Waals surface area contributed by atoms with E-state index in [2.05, 4.69) is 33.3 Å². The number of nitrogens with zero attached hydrogens (tertiary/aromatic N) is 4. The Balaban J connectivity index is 1.47. The van der Waals surface area contributed by atoms with E-state index < -0.39 is 0 Å². The Bertz CT molecular complexity index is 1300. The lowest BCUT2D eigenvalue weighted by Crippen LogP contribution is -2.00. The molecule has 0 spiro atoms. The quantitative estimate of drug-likeness (QED) is 0.419. The second-order valence-electron chi connectivity index (χ2n) is 6.46. The second kappa shape index (κ2) is 6.94. The molecular formula is C22H15ClN4O. The molecular weight excluding hydrogens is 372 g/mol. The van der Waals surface area contributed by atoms with Crippen LogP contribution in [0.5, 0.6) is 11.6 Å². The standard InChI is InChI=1S/C22H15ClN4O/c23-17-4-1-5-19(13-17)28-22-9-8-21-25-14-18(27(21)26-22)12-15-6-7-20-16(11-15)3-2-10-24-20/h1-11,13-14H,12H2. The molecule has 0 aliphatic rings. The molecule has 0 N–H and O–H groups in total. The lowest BCUT2D eigenvalue weighted by atomic mass is 10.1. The third-order valence-corrected chi connectivity index (χ3v) is 4.71. The lowest BCUT2D eigenvalue weighted by Gasteiger charge is -2.07. The molecule has 2 aromatic carbocycles. The highest BCUT2D eigenvalue weighted by Crippen LogP contribution is 2.23. The Morgan fingerprint density at radius 1 is 0.929 bits per heavy atom. The first-order valence-corrected chi connectivity index (χ1v) is 9.23. The van der Waals surface area contributed by atoms with E-state index in [1.807, 2.05) is 41.0 Å². The van der Waals surface area contributed by atoms with Gasteiger partial charge in [0.15, 0.2) is 5.65 Å². The van der Waals surface area contributed by atoms with Crippen LogP contribution in [-0.2, 0) is 6.42 Å². The van der Waals surface area contributed by atoms with Crippen molar-refractivity contribution in [2.75, 3.05) is 0 Å². The fourth-order valence-electron chi connectivity index (χ4n) is 3.17. The summed E-state index contributed by atoms with van der Waals surface area (Å²) >= 11 is 6.03. The average Bonchev–Trinajstić information content (AvgIpc) is 3.10. The first-order valence-electron chi connectivity index (χ1n) is 8.85. The maximum absolute atomic E-state index is 6.03. The van der Waals surface area contributed by atoms with Crippen LogP contribution in [0.4, 0.5) is 0 Å². The van der Waals surface area contributed by atoms with Crippen molar-refractivity contribution in [2.24, 2.45) is 0 Å². The summed E-state index contributed by atoms with van der Waals surface area (Å²) < 4.78 is 7.66. The summed E-state index contributed by atoms with van der Waals surface area (Å²) in [6.45, 7) is 0. The molecule has 0 aliphatic carbocycles. The molecule has 0 saturated carbocycles. The lowest BCUT2D eigenvalue weighted by molar-refractivity contribution is 0.451.